The number of hydrogen-bond donors (Lipinski definition) is 0. The van der Waals surface area contributed by atoms with E-state index >= 15 is 0 Å². The number of aromatic nitrogens is 1. The highest BCUT2D eigenvalue weighted by molar-refractivity contribution is 6.16. The number of ether oxygens (including phenoxy) is 1. The average Bonchev–Trinajstić information content (AvgIpc) is 3.72. The maximum atomic E-state index is 6.63. The standard InChI is InChI=1S/C56H38N2O/c1-4-14-38(15-5-1)40-24-28-43(29-25-40)50-37-52(44-32-26-41(27-33-44)39-16-6-2-7-17-39)57-55-48-21-11-10-20-47(48)49(36-51(50)55)42-30-34-45(35-31-42)56-58(46-18-8-3-9-19-46)53-22-12-13-23-54(53)59-56/h1-37,56H. The number of anilines is 2. The summed E-state index contributed by atoms with van der Waals surface area (Å²) in [7, 11) is 0. The molecule has 0 aliphatic carbocycles. The number of pyridine rings is 1. The van der Waals surface area contributed by atoms with E-state index in [1.165, 1.54) is 27.8 Å². The Morgan fingerprint density at radius 3 is 1.49 bits per heavy atom. The molecule has 59 heavy (non-hydrogen) atoms. The first kappa shape index (κ1) is 34.5. The quantitative estimate of drug-likeness (QED) is 0.152. The molecule has 1 aliphatic rings. The normalized spacial score (nSPS) is 13.4. The predicted molar refractivity (Wildman–Crippen MR) is 245 cm³/mol. The Balaban J connectivity index is 1.05. The average molecular weight is 755 g/mol. The molecule has 1 aliphatic heterocycles. The number of rotatable bonds is 7. The van der Waals surface area contributed by atoms with Gasteiger partial charge in [-0.25, -0.2) is 4.98 Å². The third kappa shape index (κ3) is 6.30. The third-order valence-electron chi connectivity index (χ3n) is 11.5. The second kappa shape index (κ2) is 14.6. The van der Waals surface area contributed by atoms with Crippen LogP contribution < -0.4 is 9.64 Å². The van der Waals surface area contributed by atoms with Crippen LogP contribution in [0.1, 0.15) is 11.8 Å². The van der Waals surface area contributed by atoms with E-state index in [9.17, 15) is 0 Å². The highest BCUT2D eigenvalue weighted by Crippen LogP contribution is 2.48. The van der Waals surface area contributed by atoms with Crippen molar-refractivity contribution < 1.29 is 4.74 Å². The van der Waals surface area contributed by atoms with Crippen LogP contribution in [0, 0.1) is 0 Å². The van der Waals surface area contributed by atoms with E-state index in [1.54, 1.807) is 0 Å². The smallest absolute Gasteiger partial charge is 0.203 e. The van der Waals surface area contributed by atoms with Crippen molar-refractivity contribution in [3.63, 3.8) is 0 Å². The molecule has 3 nitrogen and oxygen atoms in total. The van der Waals surface area contributed by atoms with E-state index in [0.717, 1.165) is 72.3 Å². The Morgan fingerprint density at radius 1 is 0.373 bits per heavy atom. The molecule has 3 heteroatoms. The first-order valence-corrected chi connectivity index (χ1v) is 20.1. The summed E-state index contributed by atoms with van der Waals surface area (Å²) in [5.74, 6) is 0.884. The third-order valence-corrected chi connectivity index (χ3v) is 11.5. The molecular formula is C56H38N2O. The molecule has 0 radical (unpaired) electrons. The van der Waals surface area contributed by atoms with Gasteiger partial charge in [0.1, 0.15) is 5.75 Å². The minimum atomic E-state index is -0.285. The predicted octanol–water partition coefficient (Wildman–Crippen LogP) is 15.0. The van der Waals surface area contributed by atoms with Crippen molar-refractivity contribution in [1.82, 2.24) is 4.98 Å². The van der Waals surface area contributed by atoms with Gasteiger partial charge in [0.05, 0.1) is 16.9 Å². The van der Waals surface area contributed by atoms with Gasteiger partial charge < -0.3 is 4.74 Å². The van der Waals surface area contributed by atoms with Gasteiger partial charge in [0, 0.05) is 27.6 Å². The molecule has 10 aromatic rings. The van der Waals surface area contributed by atoms with Gasteiger partial charge >= 0.3 is 0 Å². The maximum Gasteiger partial charge on any atom is 0.203 e. The van der Waals surface area contributed by atoms with Gasteiger partial charge in [-0.1, -0.05) is 188 Å². The molecule has 9 aromatic carbocycles. The van der Waals surface area contributed by atoms with Crippen LogP contribution in [0.25, 0.3) is 77.4 Å². The Labute approximate surface area is 344 Å². The summed E-state index contributed by atoms with van der Waals surface area (Å²) in [6.45, 7) is 0. The van der Waals surface area contributed by atoms with Crippen LogP contribution in [0.4, 0.5) is 11.4 Å². The van der Waals surface area contributed by atoms with Gasteiger partial charge in [0.2, 0.25) is 6.23 Å². The van der Waals surface area contributed by atoms with Crippen molar-refractivity contribution in [1.29, 1.82) is 0 Å². The van der Waals surface area contributed by atoms with E-state index in [-0.39, 0.29) is 6.23 Å². The number of benzene rings is 9. The number of para-hydroxylation sites is 3. The summed E-state index contributed by atoms with van der Waals surface area (Å²) < 4.78 is 6.63. The fraction of sp³-hybridized carbons (Fsp3) is 0.0179. The summed E-state index contributed by atoms with van der Waals surface area (Å²) >= 11 is 0. The summed E-state index contributed by atoms with van der Waals surface area (Å²) in [5.41, 5.74) is 15.6. The van der Waals surface area contributed by atoms with Crippen LogP contribution in [0.2, 0.25) is 0 Å². The zero-order valence-corrected chi connectivity index (χ0v) is 32.2. The monoisotopic (exact) mass is 754 g/mol. The van der Waals surface area contributed by atoms with Crippen LogP contribution in [0.3, 0.4) is 0 Å². The molecule has 0 saturated carbocycles. The van der Waals surface area contributed by atoms with Gasteiger partial charge in [-0.05, 0) is 86.3 Å². The second-order valence-corrected chi connectivity index (χ2v) is 15.1. The highest BCUT2D eigenvalue weighted by Gasteiger charge is 2.33. The van der Waals surface area contributed by atoms with Crippen molar-refractivity contribution >= 4 is 33.1 Å². The van der Waals surface area contributed by atoms with Crippen molar-refractivity contribution in [3.8, 4) is 61.5 Å². The molecule has 0 spiro atoms. The van der Waals surface area contributed by atoms with Crippen molar-refractivity contribution in [2.24, 2.45) is 0 Å². The lowest BCUT2D eigenvalue weighted by molar-refractivity contribution is 0.240. The molecule has 278 valence electrons. The van der Waals surface area contributed by atoms with E-state index in [1.807, 2.05) is 12.1 Å². The Kier molecular flexibility index (Phi) is 8.56. The maximum absolute atomic E-state index is 6.63. The van der Waals surface area contributed by atoms with Gasteiger partial charge in [-0.15, -0.1) is 0 Å². The number of fused-ring (bicyclic) bond motifs is 4. The van der Waals surface area contributed by atoms with Crippen LogP contribution >= 0.6 is 0 Å². The molecule has 0 fully saturated rings. The molecule has 1 unspecified atom stereocenters. The summed E-state index contributed by atoms with van der Waals surface area (Å²) in [6, 6.07) is 79.8. The first-order chi connectivity index (χ1) is 29.2. The highest BCUT2D eigenvalue weighted by atomic mass is 16.5. The van der Waals surface area contributed by atoms with E-state index in [0.29, 0.717) is 0 Å². The lowest BCUT2D eigenvalue weighted by Gasteiger charge is -2.26. The van der Waals surface area contributed by atoms with Crippen molar-refractivity contribution in [3.05, 3.63) is 230 Å². The lowest BCUT2D eigenvalue weighted by Crippen LogP contribution is -2.22. The minimum Gasteiger partial charge on any atom is -0.464 e. The topological polar surface area (TPSA) is 25.4 Å². The summed E-state index contributed by atoms with van der Waals surface area (Å²) in [4.78, 5) is 7.74. The molecule has 0 N–H and O–H groups in total. The fourth-order valence-electron chi connectivity index (χ4n) is 8.58. The zero-order chi connectivity index (χ0) is 39.1. The lowest BCUT2D eigenvalue weighted by atomic mass is 9.90. The SMILES string of the molecule is c1ccc(-c2ccc(-c3cc(-c4ccc(-c5ccccc5)cc4)c4cc(-c5ccc(C6Oc7ccccc7N6c6ccccc6)cc5)c5ccccc5c4n3)cc2)cc1. The molecule has 1 aromatic heterocycles. The van der Waals surface area contributed by atoms with Crippen LogP contribution in [0.15, 0.2) is 224 Å². The Hall–Kier alpha value is -7.75. The number of hydrogen-bond acceptors (Lipinski definition) is 3. The van der Waals surface area contributed by atoms with Crippen LogP contribution in [0.5, 0.6) is 5.75 Å². The van der Waals surface area contributed by atoms with Gasteiger partial charge in [0.15, 0.2) is 0 Å². The largest absolute Gasteiger partial charge is 0.464 e. The van der Waals surface area contributed by atoms with Crippen molar-refractivity contribution in [2.45, 2.75) is 6.23 Å². The van der Waals surface area contributed by atoms with E-state index in [4.69, 9.17) is 9.72 Å². The molecular weight excluding hydrogens is 717 g/mol. The molecule has 1 atom stereocenters. The fourth-order valence-corrected chi connectivity index (χ4v) is 8.58. The second-order valence-electron chi connectivity index (χ2n) is 15.1. The van der Waals surface area contributed by atoms with E-state index < -0.39 is 0 Å². The Morgan fingerprint density at radius 2 is 0.847 bits per heavy atom. The number of nitrogens with zero attached hydrogens (tertiary/aromatic N) is 2. The zero-order valence-electron chi connectivity index (χ0n) is 32.2. The molecule has 2 heterocycles. The van der Waals surface area contributed by atoms with Gasteiger partial charge in [0.25, 0.3) is 0 Å². The van der Waals surface area contributed by atoms with Gasteiger partial charge in [-0.3, -0.25) is 4.90 Å². The first-order valence-electron chi connectivity index (χ1n) is 20.1. The molecule has 0 saturated heterocycles. The van der Waals surface area contributed by atoms with Crippen LogP contribution in [-0.2, 0) is 0 Å². The van der Waals surface area contributed by atoms with Crippen LogP contribution in [-0.4, -0.2) is 4.98 Å². The minimum absolute atomic E-state index is 0.285. The summed E-state index contributed by atoms with van der Waals surface area (Å²) in [6.07, 6.45) is -0.285. The Bertz CT molecular complexity index is 3090. The summed E-state index contributed by atoms with van der Waals surface area (Å²) in [5, 5.41) is 3.40. The molecule has 11 rings (SSSR count). The van der Waals surface area contributed by atoms with Crippen molar-refractivity contribution in [2.75, 3.05) is 4.90 Å². The van der Waals surface area contributed by atoms with Gasteiger partial charge in [-0.2, -0.15) is 0 Å². The molecule has 0 amide bonds. The molecule has 0 bridgehead atoms. The van der Waals surface area contributed by atoms with E-state index in [2.05, 4.69) is 217 Å².